The van der Waals surface area contributed by atoms with Gasteiger partial charge in [0.1, 0.15) is 5.78 Å². The molecule has 2 fully saturated rings. The third-order valence-corrected chi connectivity index (χ3v) is 5.73. The predicted molar refractivity (Wildman–Crippen MR) is 86.1 cm³/mol. The van der Waals surface area contributed by atoms with Crippen LogP contribution in [0.3, 0.4) is 0 Å². The van der Waals surface area contributed by atoms with Crippen LogP contribution < -0.4 is 5.32 Å². The minimum Gasteiger partial charge on any atom is -0.326 e. The molecular formula is C17H20BrNO2. The maximum Gasteiger partial charge on any atom is 0.227 e. The summed E-state index contributed by atoms with van der Waals surface area (Å²) in [6.45, 7) is 2.00. The molecule has 0 aliphatic heterocycles. The largest absolute Gasteiger partial charge is 0.326 e. The topological polar surface area (TPSA) is 46.2 Å². The minimum atomic E-state index is -0.0121. The number of halogens is 1. The average molecular weight is 350 g/mol. The normalized spacial score (nSPS) is 28.3. The van der Waals surface area contributed by atoms with Crippen molar-refractivity contribution in [1.82, 2.24) is 0 Å². The number of carbonyl (C=O) groups excluding carboxylic acids is 2. The lowest BCUT2D eigenvalue weighted by atomic mass is 9.67. The SMILES string of the molecule is Cc1cc(NC(=O)C2C[C@@H]3CCC[C@@H](C2)C3=O)ccc1Br. The maximum atomic E-state index is 12.5. The van der Waals surface area contributed by atoms with Crippen molar-refractivity contribution in [3.8, 4) is 0 Å². The van der Waals surface area contributed by atoms with Gasteiger partial charge < -0.3 is 5.32 Å². The number of anilines is 1. The third-order valence-electron chi connectivity index (χ3n) is 4.84. The molecule has 2 aliphatic rings. The van der Waals surface area contributed by atoms with Gasteiger partial charge in [-0.1, -0.05) is 22.4 Å². The zero-order chi connectivity index (χ0) is 15.0. The number of Topliss-reactive ketones (excluding diaryl/α,β-unsaturated/α-hetero) is 1. The number of rotatable bonds is 2. The van der Waals surface area contributed by atoms with Crippen molar-refractivity contribution in [2.75, 3.05) is 5.32 Å². The van der Waals surface area contributed by atoms with E-state index in [4.69, 9.17) is 0 Å². The van der Waals surface area contributed by atoms with Gasteiger partial charge in [0.05, 0.1) is 0 Å². The van der Waals surface area contributed by atoms with Gasteiger partial charge >= 0.3 is 0 Å². The number of hydrogen-bond donors (Lipinski definition) is 1. The summed E-state index contributed by atoms with van der Waals surface area (Å²) in [4.78, 5) is 24.5. The summed E-state index contributed by atoms with van der Waals surface area (Å²) in [6, 6.07) is 5.82. The van der Waals surface area contributed by atoms with Crippen LogP contribution in [-0.4, -0.2) is 11.7 Å². The van der Waals surface area contributed by atoms with E-state index < -0.39 is 0 Å². The fraction of sp³-hybridized carbons (Fsp3) is 0.529. The highest BCUT2D eigenvalue weighted by Crippen LogP contribution is 2.40. The molecule has 1 aromatic carbocycles. The lowest BCUT2D eigenvalue weighted by Crippen LogP contribution is -2.40. The van der Waals surface area contributed by atoms with Crippen LogP contribution in [0.25, 0.3) is 0 Å². The Morgan fingerprint density at radius 3 is 2.52 bits per heavy atom. The highest BCUT2D eigenvalue weighted by molar-refractivity contribution is 9.10. The van der Waals surface area contributed by atoms with E-state index in [2.05, 4.69) is 21.2 Å². The van der Waals surface area contributed by atoms with Crippen molar-refractivity contribution in [2.45, 2.75) is 39.0 Å². The van der Waals surface area contributed by atoms with E-state index >= 15 is 0 Å². The van der Waals surface area contributed by atoms with Gasteiger partial charge in [0.25, 0.3) is 0 Å². The molecule has 0 aromatic heterocycles. The first-order valence-corrected chi connectivity index (χ1v) is 8.44. The molecule has 2 bridgehead atoms. The molecule has 3 nitrogen and oxygen atoms in total. The van der Waals surface area contributed by atoms with Crippen LogP contribution in [-0.2, 0) is 9.59 Å². The van der Waals surface area contributed by atoms with Crippen molar-refractivity contribution >= 4 is 33.3 Å². The Balaban J connectivity index is 1.68. The van der Waals surface area contributed by atoms with Gasteiger partial charge in [-0.05, 0) is 56.4 Å². The number of aryl methyl sites for hydroxylation is 1. The van der Waals surface area contributed by atoms with Crippen molar-refractivity contribution in [3.05, 3.63) is 28.2 Å². The summed E-state index contributed by atoms with van der Waals surface area (Å²) in [6.07, 6.45) is 4.54. The number of nitrogens with one attached hydrogen (secondary N) is 1. The van der Waals surface area contributed by atoms with Gasteiger partial charge in [-0.15, -0.1) is 0 Å². The van der Waals surface area contributed by atoms with E-state index in [0.717, 1.165) is 47.8 Å². The van der Waals surface area contributed by atoms with E-state index in [0.29, 0.717) is 5.78 Å². The van der Waals surface area contributed by atoms with Gasteiger partial charge in [0.15, 0.2) is 0 Å². The second kappa shape index (κ2) is 5.91. The molecule has 2 atom stereocenters. The van der Waals surface area contributed by atoms with Crippen LogP contribution in [0.15, 0.2) is 22.7 Å². The second-order valence-corrected chi connectivity index (χ2v) is 7.20. The summed E-state index contributed by atoms with van der Waals surface area (Å²) >= 11 is 3.46. The Morgan fingerprint density at radius 2 is 1.90 bits per heavy atom. The molecule has 112 valence electrons. The molecule has 2 aliphatic carbocycles. The smallest absolute Gasteiger partial charge is 0.227 e. The van der Waals surface area contributed by atoms with Gasteiger partial charge in [0.2, 0.25) is 5.91 Å². The number of hydrogen-bond acceptors (Lipinski definition) is 2. The van der Waals surface area contributed by atoms with Gasteiger partial charge in [-0.2, -0.15) is 0 Å². The number of carbonyl (C=O) groups is 2. The molecule has 0 unspecified atom stereocenters. The van der Waals surface area contributed by atoms with E-state index in [-0.39, 0.29) is 23.7 Å². The van der Waals surface area contributed by atoms with Crippen molar-refractivity contribution < 1.29 is 9.59 Å². The Labute approximate surface area is 133 Å². The Morgan fingerprint density at radius 1 is 1.24 bits per heavy atom. The monoisotopic (exact) mass is 349 g/mol. The molecule has 4 heteroatoms. The van der Waals surface area contributed by atoms with Crippen LogP contribution in [0, 0.1) is 24.7 Å². The maximum absolute atomic E-state index is 12.5. The summed E-state index contributed by atoms with van der Waals surface area (Å²) in [5.41, 5.74) is 1.94. The third kappa shape index (κ3) is 3.05. The van der Waals surface area contributed by atoms with Crippen LogP contribution in [0.2, 0.25) is 0 Å². The standard InChI is InChI=1S/C17H20BrNO2/c1-10-7-14(5-6-15(10)18)19-17(21)13-8-11-3-2-4-12(9-13)16(11)20/h5-7,11-13H,2-4,8-9H2,1H3,(H,19,21)/t11-,12-/m0/s1. The zero-order valence-electron chi connectivity index (χ0n) is 12.2. The van der Waals surface area contributed by atoms with Crippen molar-refractivity contribution in [3.63, 3.8) is 0 Å². The quantitative estimate of drug-likeness (QED) is 0.873. The van der Waals surface area contributed by atoms with Crippen LogP contribution in [0.5, 0.6) is 0 Å². The van der Waals surface area contributed by atoms with Gasteiger partial charge in [0, 0.05) is 27.9 Å². The zero-order valence-corrected chi connectivity index (χ0v) is 13.8. The summed E-state index contributed by atoms with van der Waals surface area (Å²) in [7, 11) is 0. The molecule has 0 saturated heterocycles. The van der Waals surface area contributed by atoms with Crippen LogP contribution in [0.1, 0.15) is 37.7 Å². The van der Waals surface area contributed by atoms with E-state index in [1.807, 2.05) is 25.1 Å². The average Bonchev–Trinajstić information content (AvgIpc) is 2.42. The summed E-state index contributed by atoms with van der Waals surface area (Å²) in [5, 5.41) is 3.01. The lowest BCUT2D eigenvalue weighted by Gasteiger charge is -2.36. The number of benzene rings is 1. The molecule has 0 radical (unpaired) electrons. The molecule has 1 aromatic rings. The van der Waals surface area contributed by atoms with Gasteiger partial charge in [-0.25, -0.2) is 0 Å². The first-order valence-electron chi connectivity index (χ1n) is 7.65. The van der Waals surface area contributed by atoms with E-state index in [1.165, 1.54) is 0 Å². The first kappa shape index (κ1) is 14.8. The molecule has 21 heavy (non-hydrogen) atoms. The Hall–Kier alpha value is -1.16. The van der Waals surface area contributed by atoms with Crippen molar-refractivity contribution in [1.29, 1.82) is 0 Å². The number of ketones is 1. The number of amides is 1. The lowest BCUT2D eigenvalue weighted by molar-refractivity contribution is -0.136. The van der Waals surface area contributed by atoms with Crippen molar-refractivity contribution in [2.24, 2.45) is 17.8 Å². The fourth-order valence-corrected chi connectivity index (χ4v) is 3.91. The van der Waals surface area contributed by atoms with E-state index in [9.17, 15) is 9.59 Å². The molecule has 0 heterocycles. The highest BCUT2D eigenvalue weighted by Gasteiger charge is 2.41. The predicted octanol–water partition coefficient (Wildman–Crippen LogP) is 4.09. The van der Waals surface area contributed by atoms with Gasteiger partial charge in [-0.3, -0.25) is 9.59 Å². The number of fused-ring (bicyclic) bond motifs is 2. The summed E-state index contributed by atoms with van der Waals surface area (Å²) in [5.74, 6) is 0.715. The van der Waals surface area contributed by atoms with E-state index in [1.54, 1.807) is 0 Å². The Kier molecular flexibility index (Phi) is 4.16. The molecule has 3 rings (SSSR count). The summed E-state index contributed by atoms with van der Waals surface area (Å²) < 4.78 is 1.04. The molecule has 2 saturated carbocycles. The second-order valence-electron chi connectivity index (χ2n) is 6.35. The van der Waals surface area contributed by atoms with Crippen LogP contribution in [0.4, 0.5) is 5.69 Å². The highest BCUT2D eigenvalue weighted by atomic mass is 79.9. The minimum absolute atomic E-state index is 0.0121. The molecule has 0 spiro atoms. The molecule has 1 amide bonds. The molecule has 1 N–H and O–H groups in total. The first-order chi connectivity index (χ1) is 10.0. The fourth-order valence-electron chi connectivity index (χ4n) is 3.66. The molecular weight excluding hydrogens is 330 g/mol. The Bertz CT molecular complexity index is 568. The van der Waals surface area contributed by atoms with Crippen LogP contribution >= 0.6 is 15.9 Å².